The Bertz CT molecular complexity index is 853. The molecule has 25 heavy (non-hydrogen) atoms. The fraction of sp³-hybridized carbons (Fsp3) is 0.188. The highest BCUT2D eigenvalue weighted by Crippen LogP contribution is 2.23. The normalized spacial score (nSPS) is 10.6. The third-order valence-corrected chi connectivity index (χ3v) is 4.41. The zero-order valence-corrected chi connectivity index (χ0v) is 15.0. The van der Waals surface area contributed by atoms with Crippen molar-refractivity contribution >= 4 is 29.3 Å². The Morgan fingerprint density at radius 1 is 1.24 bits per heavy atom. The number of hydrogen-bond donors (Lipinski definition) is 1. The second-order valence-corrected chi connectivity index (χ2v) is 6.33. The van der Waals surface area contributed by atoms with E-state index < -0.39 is 0 Å². The number of benzene rings is 1. The number of thioether (sulfide) groups is 1. The summed E-state index contributed by atoms with van der Waals surface area (Å²) in [5.74, 6) is 0.193. The van der Waals surface area contributed by atoms with Crippen molar-refractivity contribution in [2.75, 3.05) is 6.54 Å². The molecule has 0 aliphatic carbocycles. The van der Waals surface area contributed by atoms with Gasteiger partial charge in [-0.05, 0) is 37.3 Å². The predicted octanol–water partition coefficient (Wildman–Crippen LogP) is 2.75. The van der Waals surface area contributed by atoms with Crippen LogP contribution in [0.4, 0.5) is 0 Å². The molecule has 3 aromatic rings. The number of nitrogens with one attached hydrogen (secondary N) is 1. The molecule has 0 saturated carbocycles. The van der Waals surface area contributed by atoms with Crippen LogP contribution in [0.25, 0.3) is 5.69 Å². The lowest BCUT2D eigenvalue weighted by Gasteiger charge is -2.08. The molecule has 7 nitrogen and oxygen atoms in total. The van der Waals surface area contributed by atoms with Crippen molar-refractivity contribution in [3.8, 4) is 5.69 Å². The van der Waals surface area contributed by atoms with Crippen molar-refractivity contribution < 1.29 is 4.79 Å². The van der Waals surface area contributed by atoms with Crippen LogP contribution in [0.3, 0.4) is 0 Å². The molecule has 0 atom stereocenters. The van der Waals surface area contributed by atoms with E-state index in [9.17, 15) is 4.79 Å². The Morgan fingerprint density at radius 3 is 2.64 bits per heavy atom. The van der Waals surface area contributed by atoms with Gasteiger partial charge in [-0.1, -0.05) is 28.6 Å². The van der Waals surface area contributed by atoms with Crippen LogP contribution in [0.15, 0.2) is 47.9 Å². The molecule has 0 unspecified atom stereocenters. The van der Waals surface area contributed by atoms with E-state index in [4.69, 9.17) is 11.6 Å². The molecule has 128 valence electrons. The Kier molecular flexibility index (Phi) is 5.62. The third-order valence-electron chi connectivity index (χ3n) is 3.27. The van der Waals surface area contributed by atoms with Gasteiger partial charge in [0.25, 0.3) is 5.91 Å². The quantitative estimate of drug-likeness (QED) is 0.527. The lowest BCUT2D eigenvalue weighted by atomic mass is 10.3. The van der Waals surface area contributed by atoms with E-state index in [1.54, 1.807) is 35.3 Å². The molecular weight excluding hydrogens is 360 g/mol. The minimum Gasteiger partial charge on any atom is -0.351 e. The topological polar surface area (TPSA) is 85.6 Å². The Labute approximate surface area is 153 Å². The van der Waals surface area contributed by atoms with E-state index >= 15 is 0 Å². The largest absolute Gasteiger partial charge is 0.351 e. The molecular formula is C16H15ClN6OS. The van der Waals surface area contributed by atoms with Gasteiger partial charge in [-0.2, -0.15) is 0 Å². The van der Waals surface area contributed by atoms with Gasteiger partial charge in [-0.25, -0.2) is 14.6 Å². The summed E-state index contributed by atoms with van der Waals surface area (Å²) in [6.07, 6.45) is 3.35. The Hall–Kier alpha value is -2.45. The first kappa shape index (κ1) is 17.4. The molecule has 0 fully saturated rings. The highest BCUT2D eigenvalue weighted by atomic mass is 35.5. The first-order valence-electron chi connectivity index (χ1n) is 7.57. The van der Waals surface area contributed by atoms with Crippen LogP contribution in [0.5, 0.6) is 0 Å². The summed E-state index contributed by atoms with van der Waals surface area (Å²) < 4.78 is 1.64. The van der Waals surface area contributed by atoms with Gasteiger partial charge in [0.1, 0.15) is 0 Å². The zero-order chi connectivity index (χ0) is 17.6. The molecule has 0 aliphatic rings. The molecule has 2 heterocycles. The number of halogens is 1. The lowest BCUT2D eigenvalue weighted by molar-refractivity contribution is 0.0950. The molecule has 0 bridgehead atoms. The second-order valence-electron chi connectivity index (χ2n) is 4.95. The van der Waals surface area contributed by atoms with Gasteiger partial charge in [-0.3, -0.25) is 4.79 Å². The van der Waals surface area contributed by atoms with Gasteiger partial charge < -0.3 is 5.32 Å². The molecule has 1 amide bonds. The number of nitrogens with zero attached hydrogens (tertiary/aromatic N) is 5. The highest BCUT2D eigenvalue weighted by Gasteiger charge is 2.20. The average molecular weight is 375 g/mol. The van der Waals surface area contributed by atoms with Gasteiger partial charge in [0.15, 0.2) is 10.9 Å². The Morgan fingerprint density at radius 2 is 1.96 bits per heavy atom. The number of amides is 1. The van der Waals surface area contributed by atoms with Crippen LogP contribution >= 0.6 is 23.4 Å². The molecule has 0 aliphatic heterocycles. The number of aromatic nitrogens is 5. The second kappa shape index (κ2) is 8.09. The molecule has 0 saturated heterocycles. The lowest BCUT2D eigenvalue weighted by Crippen LogP contribution is -2.24. The first-order chi connectivity index (χ1) is 12.2. The molecule has 1 aromatic carbocycles. The van der Waals surface area contributed by atoms with E-state index in [2.05, 4.69) is 25.6 Å². The van der Waals surface area contributed by atoms with Crippen molar-refractivity contribution in [2.24, 2.45) is 0 Å². The standard InChI is InChI=1S/C16H15ClN6OS/c1-2-18-15(24)14-13(10-25-16-19-8-3-9-20-16)23(22-21-14)12-6-4-11(17)5-7-12/h3-9H,2,10H2,1H3,(H,18,24). The average Bonchev–Trinajstić information content (AvgIpc) is 3.06. The molecule has 1 N–H and O–H groups in total. The maximum absolute atomic E-state index is 12.3. The first-order valence-corrected chi connectivity index (χ1v) is 8.94. The number of hydrogen-bond acceptors (Lipinski definition) is 6. The summed E-state index contributed by atoms with van der Waals surface area (Å²) in [7, 11) is 0. The summed E-state index contributed by atoms with van der Waals surface area (Å²) in [5, 5.41) is 12.2. The molecule has 2 aromatic heterocycles. The van der Waals surface area contributed by atoms with Crippen molar-refractivity contribution in [2.45, 2.75) is 17.8 Å². The van der Waals surface area contributed by atoms with Crippen LogP contribution in [0.2, 0.25) is 5.02 Å². The summed E-state index contributed by atoms with van der Waals surface area (Å²) in [6, 6.07) is 8.93. The predicted molar refractivity (Wildman–Crippen MR) is 96.0 cm³/mol. The molecule has 9 heteroatoms. The summed E-state index contributed by atoms with van der Waals surface area (Å²) in [6.45, 7) is 2.37. The van der Waals surface area contributed by atoms with Gasteiger partial charge in [-0.15, -0.1) is 5.10 Å². The van der Waals surface area contributed by atoms with E-state index in [1.807, 2.05) is 19.1 Å². The van der Waals surface area contributed by atoms with Crippen LogP contribution in [-0.4, -0.2) is 37.4 Å². The maximum atomic E-state index is 12.3. The van der Waals surface area contributed by atoms with Crippen LogP contribution < -0.4 is 5.32 Å². The molecule has 0 radical (unpaired) electrons. The van der Waals surface area contributed by atoms with Crippen molar-refractivity contribution in [3.05, 3.63) is 59.1 Å². The summed E-state index contributed by atoms with van der Waals surface area (Å²) in [5.41, 5.74) is 1.74. The monoisotopic (exact) mass is 374 g/mol. The van der Waals surface area contributed by atoms with E-state index in [0.717, 1.165) is 5.69 Å². The van der Waals surface area contributed by atoms with E-state index in [1.165, 1.54) is 11.8 Å². The third kappa shape index (κ3) is 4.15. The van der Waals surface area contributed by atoms with Crippen molar-refractivity contribution in [3.63, 3.8) is 0 Å². The Balaban J connectivity index is 1.94. The van der Waals surface area contributed by atoms with Crippen molar-refractivity contribution in [1.29, 1.82) is 0 Å². The fourth-order valence-corrected chi connectivity index (χ4v) is 3.06. The van der Waals surface area contributed by atoms with Crippen LogP contribution in [-0.2, 0) is 5.75 Å². The summed E-state index contributed by atoms with van der Waals surface area (Å²) in [4.78, 5) is 20.7. The van der Waals surface area contributed by atoms with Gasteiger partial charge in [0, 0.05) is 29.7 Å². The maximum Gasteiger partial charge on any atom is 0.273 e. The van der Waals surface area contributed by atoms with Gasteiger partial charge in [0.2, 0.25) is 0 Å². The van der Waals surface area contributed by atoms with E-state index in [-0.39, 0.29) is 5.91 Å². The van der Waals surface area contributed by atoms with Gasteiger partial charge in [0.05, 0.1) is 11.4 Å². The summed E-state index contributed by atoms with van der Waals surface area (Å²) >= 11 is 7.36. The minimum atomic E-state index is -0.257. The molecule has 0 spiro atoms. The highest BCUT2D eigenvalue weighted by molar-refractivity contribution is 7.98. The van der Waals surface area contributed by atoms with Gasteiger partial charge >= 0.3 is 0 Å². The number of carbonyl (C=O) groups is 1. The fourth-order valence-electron chi connectivity index (χ4n) is 2.13. The smallest absolute Gasteiger partial charge is 0.273 e. The number of carbonyl (C=O) groups excluding carboxylic acids is 1. The van der Waals surface area contributed by atoms with Crippen molar-refractivity contribution in [1.82, 2.24) is 30.3 Å². The van der Waals surface area contributed by atoms with E-state index in [0.29, 0.717) is 33.9 Å². The minimum absolute atomic E-state index is 0.257. The number of rotatable bonds is 6. The van der Waals surface area contributed by atoms with Crippen LogP contribution in [0, 0.1) is 0 Å². The zero-order valence-electron chi connectivity index (χ0n) is 13.4. The molecule has 3 rings (SSSR count). The van der Waals surface area contributed by atoms with Crippen LogP contribution in [0.1, 0.15) is 23.1 Å². The SMILES string of the molecule is CCNC(=O)c1nnn(-c2ccc(Cl)cc2)c1CSc1ncccn1.